The van der Waals surface area contributed by atoms with Crippen LogP contribution < -0.4 is 5.32 Å². The summed E-state index contributed by atoms with van der Waals surface area (Å²) in [7, 11) is 1.69. The van der Waals surface area contributed by atoms with Crippen LogP contribution in [0.25, 0.3) is 0 Å². The molecule has 1 aliphatic heterocycles. The van der Waals surface area contributed by atoms with Crippen LogP contribution in [0.3, 0.4) is 0 Å². The Hall–Kier alpha value is -0.650. The van der Waals surface area contributed by atoms with E-state index in [1.54, 1.807) is 14.0 Å². The third-order valence-corrected chi connectivity index (χ3v) is 3.36. The van der Waals surface area contributed by atoms with E-state index < -0.39 is 11.5 Å². The summed E-state index contributed by atoms with van der Waals surface area (Å²) in [5.41, 5.74) is -0.884. The molecule has 0 aliphatic carbocycles. The number of carbonyl (C=O) groups is 1. The molecule has 0 aromatic heterocycles. The van der Waals surface area contributed by atoms with Gasteiger partial charge in [-0.15, -0.1) is 0 Å². The first-order valence-corrected chi connectivity index (χ1v) is 5.77. The molecule has 1 saturated heterocycles. The second-order valence-corrected chi connectivity index (χ2v) is 4.49. The first kappa shape index (κ1) is 13.4. The van der Waals surface area contributed by atoms with Crippen LogP contribution in [0.15, 0.2) is 0 Å². The minimum atomic E-state index is -0.884. The molecule has 2 unspecified atom stereocenters. The number of nitrogens with one attached hydrogen (secondary N) is 1. The SMILES string of the molecule is CCC1COCCN1CC(C)(NC)C(=O)O. The van der Waals surface area contributed by atoms with Crippen LogP contribution in [0, 0.1) is 0 Å². The number of carboxylic acids is 1. The highest BCUT2D eigenvalue weighted by Crippen LogP contribution is 2.15. The molecule has 94 valence electrons. The Bertz CT molecular complexity index is 247. The number of likely N-dealkylation sites (N-methyl/N-ethyl adjacent to an activating group) is 1. The molecule has 0 bridgehead atoms. The Morgan fingerprint density at radius 3 is 2.88 bits per heavy atom. The largest absolute Gasteiger partial charge is 0.480 e. The molecular formula is C11H22N2O3. The molecule has 5 heteroatoms. The molecule has 5 nitrogen and oxygen atoms in total. The fraction of sp³-hybridized carbons (Fsp3) is 0.909. The van der Waals surface area contributed by atoms with E-state index in [9.17, 15) is 9.90 Å². The summed E-state index contributed by atoms with van der Waals surface area (Å²) in [6, 6.07) is 0.334. The van der Waals surface area contributed by atoms with Crippen molar-refractivity contribution < 1.29 is 14.6 Å². The fourth-order valence-electron chi connectivity index (χ4n) is 1.93. The van der Waals surface area contributed by atoms with E-state index in [0.717, 1.165) is 13.0 Å². The summed E-state index contributed by atoms with van der Waals surface area (Å²) in [6.45, 7) is 6.54. The summed E-state index contributed by atoms with van der Waals surface area (Å²) in [6.07, 6.45) is 0.986. The lowest BCUT2D eigenvalue weighted by molar-refractivity contribution is -0.146. The molecular weight excluding hydrogens is 208 g/mol. The molecule has 1 heterocycles. The lowest BCUT2D eigenvalue weighted by Crippen LogP contribution is -2.59. The smallest absolute Gasteiger partial charge is 0.324 e. The number of nitrogens with zero attached hydrogens (tertiary/aromatic N) is 1. The molecule has 1 rings (SSSR count). The minimum Gasteiger partial charge on any atom is -0.480 e. The van der Waals surface area contributed by atoms with Crippen molar-refractivity contribution in [1.29, 1.82) is 0 Å². The summed E-state index contributed by atoms with van der Waals surface area (Å²) < 4.78 is 5.40. The topological polar surface area (TPSA) is 61.8 Å². The number of morpholine rings is 1. The molecule has 2 atom stereocenters. The van der Waals surface area contributed by atoms with Crippen molar-refractivity contribution in [2.24, 2.45) is 0 Å². The molecule has 2 N–H and O–H groups in total. The zero-order chi connectivity index (χ0) is 12.2. The van der Waals surface area contributed by atoms with Crippen molar-refractivity contribution in [1.82, 2.24) is 10.2 Å². The summed E-state index contributed by atoms with van der Waals surface area (Å²) in [4.78, 5) is 13.4. The maximum atomic E-state index is 11.2. The highest BCUT2D eigenvalue weighted by atomic mass is 16.5. The third kappa shape index (κ3) is 2.93. The summed E-state index contributed by atoms with van der Waals surface area (Å²) in [5, 5.41) is 12.1. The van der Waals surface area contributed by atoms with Gasteiger partial charge in [0.25, 0.3) is 0 Å². The number of ether oxygens (including phenoxy) is 1. The minimum absolute atomic E-state index is 0.334. The Labute approximate surface area is 96.8 Å². The molecule has 0 aromatic rings. The predicted molar refractivity (Wildman–Crippen MR) is 61.6 cm³/mol. The van der Waals surface area contributed by atoms with Crippen molar-refractivity contribution in [2.75, 3.05) is 33.4 Å². The molecule has 0 saturated carbocycles. The average molecular weight is 230 g/mol. The average Bonchev–Trinajstić information content (AvgIpc) is 2.29. The van der Waals surface area contributed by atoms with Gasteiger partial charge in [-0.1, -0.05) is 6.92 Å². The third-order valence-electron chi connectivity index (χ3n) is 3.36. The van der Waals surface area contributed by atoms with Crippen LogP contribution in [0.1, 0.15) is 20.3 Å². The zero-order valence-electron chi connectivity index (χ0n) is 10.3. The van der Waals surface area contributed by atoms with Gasteiger partial charge >= 0.3 is 5.97 Å². The Morgan fingerprint density at radius 2 is 2.38 bits per heavy atom. The molecule has 0 amide bonds. The van der Waals surface area contributed by atoms with Crippen LogP contribution >= 0.6 is 0 Å². The highest BCUT2D eigenvalue weighted by molar-refractivity contribution is 5.78. The van der Waals surface area contributed by atoms with Gasteiger partial charge in [-0.2, -0.15) is 0 Å². The highest BCUT2D eigenvalue weighted by Gasteiger charge is 2.36. The second-order valence-electron chi connectivity index (χ2n) is 4.49. The Morgan fingerprint density at radius 1 is 1.69 bits per heavy atom. The van der Waals surface area contributed by atoms with Gasteiger partial charge < -0.3 is 15.2 Å². The molecule has 16 heavy (non-hydrogen) atoms. The quantitative estimate of drug-likeness (QED) is 0.704. The number of hydrogen-bond donors (Lipinski definition) is 2. The van der Waals surface area contributed by atoms with Crippen LogP contribution in [-0.2, 0) is 9.53 Å². The molecule has 1 fully saturated rings. The predicted octanol–water partition coefficient (Wildman–Crippen LogP) is 0.160. The van der Waals surface area contributed by atoms with Crippen molar-refractivity contribution in [3.63, 3.8) is 0 Å². The zero-order valence-corrected chi connectivity index (χ0v) is 10.3. The number of hydrogen-bond acceptors (Lipinski definition) is 4. The van der Waals surface area contributed by atoms with Crippen molar-refractivity contribution in [3.05, 3.63) is 0 Å². The summed E-state index contributed by atoms with van der Waals surface area (Å²) in [5.74, 6) is -0.809. The van der Waals surface area contributed by atoms with Gasteiger partial charge in [-0.25, -0.2) is 0 Å². The molecule has 0 radical (unpaired) electrons. The van der Waals surface area contributed by atoms with Crippen LogP contribution in [0.4, 0.5) is 0 Å². The van der Waals surface area contributed by atoms with E-state index in [4.69, 9.17) is 4.74 Å². The van der Waals surface area contributed by atoms with Gasteiger partial charge in [-0.05, 0) is 20.4 Å². The van der Waals surface area contributed by atoms with Gasteiger partial charge in [0.15, 0.2) is 0 Å². The number of aliphatic carboxylic acids is 1. The number of rotatable bonds is 5. The normalized spacial score (nSPS) is 26.3. The van der Waals surface area contributed by atoms with Gasteiger partial charge in [-0.3, -0.25) is 9.69 Å². The summed E-state index contributed by atoms with van der Waals surface area (Å²) >= 11 is 0. The number of carboxylic acid groups (broad SMARTS) is 1. The Balaban J connectivity index is 2.65. The lowest BCUT2D eigenvalue weighted by atomic mass is 10.0. The second kappa shape index (κ2) is 5.61. The Kier molecular flexibility index (Phi) is 4.70. The van der Waals surface area contributed by atoms with Crippen LogP contribution in [0.5, 0.6) is 0 Å². The van der Waals surface area contributed by atoms with E-state index >= 15 is 0 Å². The lowest BCUT2D eigenvalue weighted by Gasteiger charge is -2.39. The van der Waals surface area contributed by atoms with Gasteiger partial charge in [0.2, 0.25) is 0 Å². The van der Waals surface area contributed by atoms with E-state index in [-0.39, 0.29) is 0 Å². The van der Waals surface area contributed by atoms with Crippen LogP contribution in [-0.4, -0.2) is 60.9 Å². The standard InChI is InChI=1S/C11H22N2O3/c1-4-9-7-16-6-5-13(9)8-11(2,12-3)10(14)15/h9,12H,4-8H2,1-3H3,(H,14,15). The maximum absolute atomic E-state index is 11.2. The molecule has 0 aromatic carbocycles. The molecule has 1 aliphatic rings. The first-order valence-electron chi connectivity index (χ1n) is 5.77. The fourth-order valence-corrected chi connectivity index (χ4v) is 1.93. The van der Waals surface area contributed by atoms with E-state index in [2.05, 4.69) is 17.1 Å². The molecule has 0 spiro atoms. The van der Waals surface area contributed by atoms with Gasteiger partial charge in [0.1, 0.15) is 5.54 Å². The van der Waals surface area contributed by atoms with Crippen molar-refractivity contribution in [2.45, 2.75) is 31.8 Å². The van der Waals surface area contributed by atoms with Crippen LogP contribution in [0.2, 0.25) is 0 Å². The van der Waals surface area contributed by atoms with Gasteiger partial charge in [0.05, 0.1) is 13.2 Å². The first-order chi connectivity index (χ1) is 7.53. The maximum Gasteiger partial charge on any atom is 0.324 e. The van der Waals surface area contributed by atoms with E-state index in [1.165, 1.54) is 0 Å². The van der Waals surface area contributed by atoms with E-state index in [0.29, 0.717) is 25.8 Å². The van der Waals surface area contributed by atoms with E-state index in [1.807, 2.05) is 0 Å². The van der Waals surface area contributed by atoms with Crippen molar-refractivity contribution in [3.8, 4) is 0 Å². The monoisotopic (exact) mass is 230 g/mol. The van der Waals surface area contributed by atoms with Crippen molar-refractivity contribution >= 4 is 5.97 Å². The van der Waals surface area contributed by atoms with Gasteiger partial charge in [0, 0.05) is 19.1 Å².